The fourth-order valence-electron chi connectivity index (χ4n) is 2.60. The van der Waals surface area contributed by atoms with E-state index >= 15 is 0 Å². The van der Waals surface area contributed by atoms with Gasteiger partial charge in [0.2, 0.25) is 5.91 Å². The van der Waals surface area contributed by atoms with Crippen LogP contribution in [0.15, 0.2) is 76.1 Å². The Bertz CT molecular complexity index is 996. The van der Waals surface area contributed by atoms with Crippen LogP contribution >= 0.6 is 23.1 Å². The summed E-state index contributed by atoms with van der Waals surface area (Å²) in [7, 11) is 0. The number of aromatic nitrogens is 3. The van der Waals surface area contributed by atoms with Gasteiger partial charge in [0, 0.05) is 11.6 Å². The number of hydrogen-bond donors (Lipinski definition) is 1. The number of benzene rings is 1. The van der Waals surface area contributed by atoms with Crippen molar-refractivity contribution in [3.8, 4) is 11.3 Å². The lowest BCUT2D eigenvalue weighted by Crippen LogP contribution is -2.14. The van der Waals surface area contributed by atoms with Crippen molar-refractivity contribution >= 4 is 34.1 Å². The van der Waals surface area contributed by atoms with Crippen LogP contribution in [-0.2, 0) is 11.3 Å². The van der Waals surface area contributed by atoms with Crippen molar-refractivity contribution < 1.29 is 9.21 Å². The maximum absolute atomic E-state index is 12.2. The standard InChI is InChI=1S/C19H16N4O2S2/c24-17(22-18-20-8-10-26-18)13-27-19-21-11-16(14-5-2-1-3-6-14)23(19)12-15-7-4-9-25-15/h1-11H,12-13H2,(H,20,22,24). The van der Waals surface area contributed by atoms with Gasteiger partial charge in [0.15, 0.2) is 10.3 Å². The van der Waals surface area contributed by atoms with Gasteiger partial charge in [-0.2, -0.15) is 0 Å². The number of carbonyl (C=O) groups is 1. The van der Waals surface area contributed by atoms with Crippen molar-refractivity contribution in [2.24, 2.45) is 0 Å². The van der Waals surface area contributed by atoms with Crippen LogP contribution in [0.4, 0.5) is 5.13 Å². The molecule has 3 aromatic heterocycles. The van der Waals surface area contributed by atoms with Gasteiger partial charge in [-0.25, -0.2) is 9.97 Å². The quantitative estimate of drug-likeness (QED) is 0.469. The zero-order valence-electron chi connectivity index (χ0n) is 14.2. The zero-order chi connectivity index (χ0) is 18.5. The number of imidazole rings is 1. The molecule has 0 aliphatic carbocycles. The van der Waals surface area contributed by atoms with E-state index in [1.165, 1.54) is 23.1 Å². The lowest BCUT2D eigenvalue weighted by molar-refractivity contribution is -0.113. The predicted molar refractivity (Wildman–Crippen MR) is 107 cm³/mol. The van der Waals surface area contributed by atoms with Crippen LogP contribution in [0.25, 0.3) is 11.3 Å². The van der Waals surface area contributed by atoms with Crippen LogP contribution in [0, 0.1) is 0 Å². The smallest absolute Gasteiger partial charge is 0.236 e. The van der Waals surface area contributed by atoms with E-state index in [2.05, 4.69) is 19.9 Å². The molecule has 1 N–H and O–H groups in total. The zero-order valence-corrected chi connectivity index (χ0v) is 15.9. The number of nitrogens with zero attached hydrogens (tertiary/aromatic N) is 3. The third kappa shape index (κ3) is 4.29. The molecule has 136 valence electrons. The Balaban J connectivity index is 1.54. The Morgan fingerprint density at radius 2 is 2.07 bits per heavy atom. The summed E-state index contributed by atoms with van der Waals surface area (Å²) in [5.41, 5.74) is 2.05. The number of rotatable bonds is 7. The van der Waals surface area contributed by atoms with E-state index in [9.17, 15) is 4.79 Å². The molecule has 6 nitrogen and oxygen atoms in total. The van der Waals surface area contributed by atoms with E-state index in [4.69, 9.17) is 4.42 Å². The minimum absolute atomic E-state index is 0.108. The summed E-state index contributed by atoms with van der Waals surface area (Å²) >= 11 is 2.78. The lowest BCUT2D eigenvalue weighted by atomic mass is 10.2. The second-order valence-electron chi connectivity index (χ2n) is 5.63. The second kappa shape index (κ2) is 8.24. The number of thiazole rings is 1. The van der Waals surface area contributed by atoms with Gasteiger partial charge in [-0.3, -0.25) is 4.79 Å². The summed E-state index contributed by atoms with van der Waals surface area (Å²) in [5, 5.41) is 5.98. The molecule has 4 rings (SSSR count). The molecule has 0 aliphatic heterocycles. The Hall–Kier alpha value is -2.84. The number of carbonyl (C=O) groups excluding carboxylic acids is 1. The molecule has 0 saturated heterocycles. The van der Waals surface area contributed by atoms with Crippen LogP contribution in [0.3, 0.4) is 0 Å². The topological polar surface area (TPSA) is 73.0 Å². The number of anilines is 1. The molecular formula is C19H16N4O2S2. The molecule has 0 unspecified atom stereocenters. The number of nitrogens with one attached hydrogen (secondary N) is 1. The number of thioether (sulfide) groups is 1. The first kappa shape index (κ1) is 17.6. The van der Waals surface area contributed by atoms with Gasteiger partial charge in [-0.15, -0.1) is 11.3 Å². The van der Waals surface area contributed by atoms with Crippen LogP contribution in [0.2, 0.25) is 0 Å². The average Bonchev–Trinajstić information content (AvgIpc) is 3.44. The molecule has 0 radical (unpaired) electrons. The number of furan rings is 1. The minimum Gasteiger partial charge on any atom is -0.467 e. The Morgan fingerprint density at radius 1 is 1.19 bits per heavy atom. The first-order valence-corrected chi connectivity index (χ1v) is 10.1. The Morgan fingerprint density at radius 3 is 2.81 bits per heavy atom. The van der Waals surface area contributed by atoms with Gasteiger partial charge >= 0.3 is 0 Å². The van der Waals surface area contributed by atoms with Crippen LogP contribution < -0.4 is 5.32 Å². The molecule has 0 saturated carbocycles. The van der Waals surface area contributed by atoms with Gasteiger partial charge in [0.25, 0.3) is 0 Å². The fraction of sp³-hybridized carbons (Fsp3) is 0.105. The largest absolute Gasteiger partial charge is 0.467 e. The highest BCUT2D eigenvalue weighted by atomic mass is 32.2. The van der Waals surface area contributed by atoms with E-state index < -0.39 is 0 Å². The maximum Gasteiger partial charge on any atom is 0.236 e. The highest BCUT2D eigenvalue weighted by Gasteiger charge is 2.15. The van der Waals surface area contributed by atoms with Crippen molar-refractivity contribution in [1.82, 2.24) is 14.5 Å². The normalized spacial score (nSPS) is 10.8. The first-order chi connectivity index (χ1) is 13.3. The van der Waals surface area contributed by atoms with Crippen molar-refractivity contribution in [3.05, 3.63) is 72.3 Å². The molecular weight excluding hydrogens is 380 g/mol. The molecule has 8 heteroatoms. The summed E-state index contributed by atoms with van der Waals surface area (Å²) in [6.45, 7) is 0.549. The molecule has 0 fully saturated rings. The summed E-state index contributed by atoms with van der Waals surface area (Å²) in [4.78, 5) is 20.8. The van der Waals surface area contributed by atoms with Gasteiger partial charge in [0.05, 0.1) is 30.5 Å². The van der Waals surface area contributed by atoms with E-state index in [1.54, 1.807) is 12.5 Å². The summed E-state index contributed by atoms with van der Waals surface area (Å²) < 4.78 is 7.57. The molecule has 1 aromatic carbocycles. The van der Waals surface area contributed by atoms with Gasteiger partial charge < -0.3 is 14.3 Å². The van der Waals surface area contributed by atoms with E-state index in [0.717, 1.165) is 22.2 Å². The molecule has 0 atom stereocenters. The molecule has 0 bridgehead atoms. The second-order valence-corrected chi connectivity index (χ2v) is 7.47. The molecule has 0 spiro atoms. The summed E-state index contributed by atoms with van der Waals surface area (Å²) in [6, 6.07) is 13.8. The van der Waals surface area contributed by atoms with E-state index in [1.807, 2.05) is 54.0 Å². The molecule has 0 aliphatic rings. The third-order valence-corrected chi connectivity index (χ3v) is 5.47. The predicted octanol–water partition coefficient (Wildman–Crippen LogP) is 4.38. The fourth-order valence-corrected chi connectivity index (χ4v) is 3.92. The lowest BCUT2D eigenvalue weighted by Gasteiger charge is -2.10. The minimum atomic E-state index is -0.108. The Kier molecular flexibility index (Phi) is 5.36. The van der Waals surface area contributed by atoms with E-state index in [-0.39, 0.29) is 11.7 Å². The van der Waals surface area contributed by atoms with E-state index in [0.29, 0.717) is 11.7 Å². The molecule has 27 heavy (non-hydrogen) atoms. The van der Waals surface area contributed by atoms with Gasteiger partial charge in [-0.1, -0.05) is 42.1 Å². The highest BCUT2D eigenvalue weighted by molar-refractivity contribution is 7.99. The molecule has 4 aromatic rings. The highest BCUT2D eigenvalue weighted by Crippen LogP contribution is 2.27. The van der Waals surface area contributed by atoms with Crippen molar-refractivity contribution in [1.29, 1.82) is 0 Å². The van der Waals surface area contributed by atoms with Crippen molar-refractivity contribution in [2.45, 2.75) is 11.7 Å². The molecule has 3 heterocycles. The monoisotopic (exact) mass is 396 g/mol. The molecule has 1 amide bonds. The van der Waals surface area contributed by atoms with Crippen molar-refractivity contribution in [3.63, 3.8) is 0 Å². The summed E-state index contributed by atoms with van der Waals surface area (Å²) in [5.74, 6) is 0.978. The van der Waals surface area contributed by atoms with Crippen LogP contribution in [0.5, 0.6) is 0 Å². The van der Waals surface area contributed by atoms with Crippen molar-refractivity contribution in [2.75, 3.05) is 11.1 Å². The number of hydrogen-bond acceptors (Lipinski definition) is 6. The average molecular weight is 396 g/mol. The third-order valence-electron chi connectivity index (χ3n) is 3.79. The maximum atomic E-state index is 12.2. The van der Waals surface area contributed by atoms with Crippen LogP contribution in [0.1, 0.15) is 5.76 Å². The van der Waals surface area contributed by atoms with Crippen LogP contribution in [-0.4, -0.2) is 26.2 Å². The van der Waals surface area contributed by atoms with Gasteiger partial charge in [0.1, 0.15) is 5.76 Å². The van der Waals surface area contributed by atoms with Gasteiger partial charge in [-0.05, 0) is 17.7 Å². The number of amides is 1. The summed E-state index contributed by atoms with van der Waals surface area (Å²) in [6.07, 6.45) is 5.15. The first-order valence-electron chi connectivity index (χ1n) is 8.25. The SMILES string of the molecule is O=C(CSc1ncc(-c2ccccc2)n1Cc1ccco1)Nc1nccs1. The Labute approximate surface area is 164 Å².